The molecule has 0 bridgehead atoms. The quantitative estimate of drug-likeness (QED) is 0.588. The molecule has 1 heterocycles. The maximum atomic E-state index is 5.75. The van der Waals surface area contributed by atoms with E-state index in [0.717, 1.165) is 25.5 Å². The van der Waals surface area contributed by atoms with Gasteiger partial charge in [0.15, 0.2) is 0 Å². The Balaban J connectivity index is 2.60. The summed E-state index contributed by atoms with van der Waals surface area (Å²) in [5, 5.41) is 0. The predicted octanol–water partition coefficient (Wildman–Crippen LogP) is 2.68. The average molecular weight is 177 g/mol. The van der Waals surface area contributed by atoms with Gasteiger partial charge in [-0.15, -0.1) is 11.6 Å². The van der Waals surface area contributed by atoms with E-state index in [1.54, 1.807) is 0 Å². The van der Waals surface area contributed by atoms with E-state index in [9.17, 15) is 0 Å². The predicted molar refractivity (Wildman–Crippen MR) is 48.0 cm³/mol. The number of halogens is 1. The zero-order valence-corrected chi connectivity index (χ0v) is 8.37. The molecule has 0 aliphatic carbocycles. The molecule has 1 rings (SSSR count). The Morgan fingerprint density at radius 2 is 1.91 bits per heavy atom. The molecule has 0 saturated carbocycles. The summed E-state index contributed by atoms with van der Waals surface area (Å²) in [6.45, 7) is 8.58. The third-order valence-electron chi connectivity index (χ3n) is 2.92. The summed E-state index contributed by atoms with van der Waals surface area (Å²) in [5.41, 5.74) is 0.689. The van der Waals surface area contributed by atoms with E-state index >= 15 is 0 Å². The van der Waals surface area contributed by atoms with Crippen molar-refractivity contribution < 1.29 is 4.74 Å². The molecular weight excluding hydrogens is 160 g/mol. The summed E-state index contributed by atoms with van der Waals surface area (Å²) in [5.74, 6) is 0.751. The van der Waals surface area contributed by atoms with Crippen molar-refractivity contribution in [2.45, 2.75) is 27.2 Å². The molecule has 0 spiro atoms. The van der Waals surface area contributed by atoms with Gasteiger partial charge in [0.1, 0.15) is 0 Å². The largest absolute Gasteiger partial charge is 0.380 e. The van der Waals surface area contributed by atoms with Crippen LogP contribution in [-0.4, -0.2) is 19.1 Å². The van der Waals surface area contributed by atoms with E-state index in [2.05, 4.69) is 20.8 Å². The Hall–Kier alpha value is 0.250. The van der Waals surface area contributed by atoms with E-state index < -0.39 is 0 Å². The van der Waals surface area contributed by atoms with Crippen molar-refractivity contribution in [2.24, 2.45) is 10.8 Å². The first kappa shape index (κ1) is 9.34. The minimum atomic E-state index is 0.333. The molecule has 1 aliphatic heterocycles. The molecule has 11 heavy (non-hydrogen) atoms. The van der Waals surface area contributed by atoms with Gasteiger partial charge in [-0.1, -0.05) is 20.8 Å². The highest BCUT2D eigenvalue weighted by Crippen LogP contribution is 2.47. The molecule has 2 heteroatoms. The highest BCUT2D eigenvalue weighted by atomic mass is 35.5. The van der Waals surface area contributed by atoms with Gasteiger partial charge in [-0.05, 0) is 11.8 Å². The maximum absolute atomic E-state index is 5.75. The fourth-order valence-corrected chi connectivity index (χ4v) is 1.84. The van der Waals surface area contributed by atoms with Crippen LogP contribution in [0.3, 0.4) is 0 Å². The van der Waals surface area contributed by atoms with Crippen molar-refractivity contribution in [2.75, 3.05) is 19.1 Å². The molecule has 0 atom stereocenters. The minimum Gasteiger partial charge on any atom is -0.380 e. The lowest BCUT2D eigenvalue weighted by atomic mass is 9.63. The lowest BCUT2D eigenvalue weighted by Crippen LogP contribution is -2.52. The van der Waals surface area contributed by atoms with Crippen LogP contribution in [0.5, 0.6) is 0 Å². The Kier molecular flexibility index (Phi) is 2.50. The molecule has 0 aromatic carbocycles. The standard InChI is InChI=1S/C9H17ClO/c1-8(2,3)9(4-5-10)6-11-7-9/h4-7H2,1-3H3. The van der Waals surface area contributed by atoms with Crippen LogP contribution >= 0.6 is 11.6 Å². The van der Waals surface area contributed by atoms with Crippen molar-refractivity contribution in [3.63, 3.8) is 0 Å². The van der Waals surface area contributed by atoms with Gasteiger partial charge in [-0.3, -0.25) is 0 Å². The molecule has 0 radical (unpaired) electrons. The SMILES string of the molecule is CC(C)(C)C1(CCCl)COC1. The number of ether oxygens (including phenoxy) is 1. The van der Waals surface area contributed by atoms with E-state index in [-0.39, 0.29) is 0 Å². The highest BCUT2D eigenvalue weighted by Gasteiger charge is 2.47. The number of hydrogen-bond donors (Lipinski definition) is 0. The van der Waals surface area contributed by atoms with Crippen molar-refractivity contribution in [1.29, 1.82) is 0 Å². The van der Waals surface area contributed by atoms with Crippen LogP contribution in [0.4, 0.5) is 0 Å². The van der Waals surface area contributed by atoms with Gasteiger partial charge in [0.05, 0.1) is 13.2 Å². The summed E-state index contributed by atoms with van der Waals surface area (Å²) in [7, 11) is 0. The van der Waals surface area contributed by atoms with Crippen molar-refractivity contribution in [3.05, 3.63) is 0 Å². The Bertz CT molecular complexity index is 133. The first-order valence-corrected chi connectivity index (χ1v) is 4.69. The second-order valence-electron chi connectivity index (χ2n) is 4.46. The molecule has 1 aliphatic rings. The Labute approximate surface area is 74.1 Å². The fraction of sp³-hybridized carbons (Fsp3) is 1.00. The molecule has 0 N–H and O–H groups in total. The third-order valence-corrected chi connectivity index (χ3v) is 3.11. The summed E-state index contributed by atoms with van der Waals surface area (Å²) < 4.78 is 5.26. The maximum Gasteiger partial charge on any atom is 0.0550 e. The summed E-state index contributed by atoms with van der Waals surface area (Å²) in [4.78, 5) is 0. The average Bonchev–Trinajstić information content (AvgIpc) is 1.75. The normalized spacial score (nSPS) is 22.9. The van der Waals surface area contributed by atoms with Crippen LogP contribution in [0, 0.1) is 10.8 Å². The van der Waals surface area contributed by atoms with Gasteiger partial charge in [0, 0.05) is 11.3 Å². The zero-order valence-electron chi connectivity index (χ0n) is 7.61. The second-order valence-corrected chi connectivity index (χ2v) is 4.84. The highest BCUT2D eigenvalue weighted by molar-refractivity contribution is 6.17. The topological polar surface area (TPSA) is 9.23 Å². The third kappa shape index (κ3) is 1.54. The summed E-state index contributed by atoms with van der Waals surface area (Å²) >= 11 is 5.75. The van der Waals surface area contributed by atoms with Crippen LogP contribution in [0.1, 0.15) is 27.2 Å². The van der Waals surface area contributed by atoms with E-state index in [1.807, 2.05) is 0 Å². The molecule has 1 saturated heterocycles. The first-order chi connectivity index (χ1) is 5.02. The Morgan fingerprint density at radius 3 is 2.00 bits per heavy atom. The molecule has 0 aromatic rings. The van der Waals surface area contributed by atoms with Crippen molar-refractivity contribution in [3.8, 4) is 0 Å². The van der Waals surface area contributed by atoms with Crippen LogP contribution in [0.2, 0.25) is 0 Å². The van der Waals surface area contributed by atoms with E-state index in [0.29, 0.717) is 10.8 Å². The second kappa shape index (κ2) is 2.95. The van der Waals surface area contributed by atoms with Crippen LogP contribution in [-0.2, 0) is 4.74 Å². The number of rotatable bonds is 2. The van der Waals surface area contributed by atoms with Gasteiger partial charge in [-0.2, -0.15) is 0 Å². The number of hydrogen-bond acceptors (Lipinski definition) is 1. The molecule has 1 nitrogen and oxygen atoms in total. The molecule has 0 aromatic heterocycles. The number of alkyl halides is 1. The van der Waals surface area contributed by atoms with Gasteiger partial charge < -0.3 is 4.74 Å². The molecular formula is C9H17ClO. The van der Waals surface area contributed by atoms with Crippen molar-refractivity contribution >= 4 is 11.6 Å². The van der Waals surface area contributed by atoms with Gasteiger partial charge in [-0.25, -0.2) is 0 Å². The summed E-state index contributed by atoms with van der Waals surface area (Å²) in [6, 6.07) is 0. The lowest BCUT2D eigenvalue weighted by molar-refractivity contribution is -0.171. The zero-order chi connectivity index (χ0) is 8.54. The fourth-order valence-electron chi connectivity index (χ4n) is 1.48. The summed E-state index contributed by atoms with van der Waals surface area (Å²) in [6.07, 6.45) is 1.08. The monoisotopic (exact) mass is 176 g/mol. The van der Waals surface area contributed by atoms with Gasteiger partial charge >= 0.3 is 0 Å². The first-order valence-electron chi connectivity index (χ1n) is 4.16. The van der Waals surface area contributed by atoms with Crippen LogP contribution in [0.25, 0.3) is 0 Å². The van der Waals surface area contributed by atoms with Gasteiger partial charge in [0.25, 0.3) is 0 Å². The Morgan fingerprint density at radius 1 is 1.36 bits per heavy atom. The lowest BCUT2D eigenvalue weighted by Gasteiger charge is -2.51. The molecule has 1 fully saturated rings. The van der Waals surface area contributed by atoms with Crippen LogP contribution < -0.4 is 0 Å². The smallest absolute Gasteiger partial charge is 0.0550 e. The van der Waals surface area contributed by atoms with Gasteiger partial charge in [0.2, 0.25) is 0 Å². The van der Waals surface area contributed by atoms with Crippen LogP contribution in [0.15, 0.2) is 0 Å². The molecule has 0 unspecified atom stereocenters. The minimum absolute atomic E-state index is 0.333. The van der Waals surface area contributed by atoms with E-state index in [1.165, 1.54) is 0 Å². The van der Waals surface area contributed by atoms with Crippen molar-refractivity contribution in [1.82, 2.24) is 0 Å². The molecule has 66 valence electrons. The molecule has 0 amide bonds. The van der Waals surface area contributed by atoms with E-state index in [4.69, 9.17) is 16.3 Å².